The molecule has 0 aliphatic carbocycles. The summed E-state index contributed by atoms with van der Waals surface area (Å²) in [5, 5.41) is 10.2. The Bertz CT molecular complexity index is 402. The van der Waals surface area contributed by atoms with Gasteiger partial charge in [-0.25, -0.2) is 0 Å². The maximum Gasteiger partial charge on any atom is 0.137 e. The lowest BCUT2D eigenvalue weighted by Crippen LogP contribution is -3.13. The Hall–Kier alpha value is -1.06. The summed E-state index contributed by atoms with van der Waals surface area (Å²) in [5.41, 5.74) is 1.45. The second-order valence-electron chi connectivity index (χ2n) is 7.19. The quantitative estimate of drug-likeness (QED) is 0.735. The predicted octanol–water partition coefficient (Wildman–Crippen LogP) is 2.43. The van der Waals surface area contributed by atoms with Crippen LogP contribution in [0.3, 0.4) is 0 Å². The number of hydrogen-bond donors (Lipinski definition) is 2. The summed E-state index contributed by atoms with van der Waals surface area (Å²) in [6, 6.07) is 8.20. The van der Waals surface area contributed by atoms with E-state index in [-0.39, 0.29) is 5.41 Å². The van der Waals surface area contributed by atoms with Gasteiger partial charge in [0.15, 0.2) is 0 Å². The molecule has 0 saturated heterocycles. The number of benzene rings is 1. The second-order valence-corrected chi connectivity index (χ2v) is 7.19. The van der Waals surface area contributed by atoms with Gasteiger partial charge in [0.05, 0.1) is 13.1 Å². The molecule has 0 aliphatic rings. The molecule has 1 atom stereocenters. The van der Waals surface area contributed by atoms with Gasteiger partial charge in [0.25, 0.3) is 0 Å². The highest BCUT2D eigenvalue weighted by Crippen LogP contribution is 2.24. The number of aliphatic hydroxyl groups excluding tert-OH is 1. The van der Waals surface area contributed by atoms with Crippen LogP contribution in [0.15, 0.2) is 24.3 Å². The molecule has 0 spiro atoms. The van der Waals surface area contributed by atoms with Crippen LogP contribution in [-0.2, 0) is 5.41 Å². The van der Waals surface area contributed by atoms with Crippen LogP contribution >= 0.6 is 0 Å². The molecule has 0 aliphatic heterocycles. The fourth-order valence-corrected chi connectivity index (χ4v) is 2.67. The summed E-state index contributed by atoms with van der Waals surface area (Å²) in [4.78, 5) is 1.46. The standard InChI is InChI=1S/C19H33NO2/c1-6-12-20(13-7-2)14-17(21)15-22-18-10-8-16(9-11-18)19(3,4)5/h8-11,17,21H,6-7,12-15H2,1-5H3/p+1/t17-/m1/s1. The molecule has 1 aromatic rings. The van der Waals surface area contributed by atoms with Crippen molar-refractivity contribution in [2.75, 3.05) is 26.2 Å². The van der Waals surface area contributed by atoms with E-state index in [1.54, 1.807) is 0 Å². The van der Waals surface area contributed by atoms with Crippen LogP contribution in [0.5, 0.6) is 5.75 Å². The summed E-state index contributed by atoms with van der Waals surface area (Å²) in [7, 11) is 0. The van der Waals surface area contributed by atoms with Crippen LogP contribution in [0.4, 0.5) is 0 Å². The van der Waals surface area contributed by atoms with Crippen molar-refractivity contribution in [2.45, 2.75) is 59.0 Å². The van der Waals surface area contributed by atoms with Crippen molar-refractivity contribution in [1.82, 2.24) is 0 Å². The Morgan fingerprint density at radius 1 is 1.05 bits per heavy atom. The first-order valence-corrected chi connectivity index (χ1v) is 8.61. The molecule has 0 aromatic heterocycles. The molecule has 0 bridgehead atoms. The molecular formula is C19H34NO2+. The molecule has 1 aromatic carbocycles. The van der Waals surface area contributed by atoms with Gasteiger partial charge in [0.2, 0.25) is 0 Å². The normalized spacial score (nSPS) is 13.4. The molecule has 0 amide bonds. The largest absolute Gasteiger partial charge is 0.491 e. The zero-order valence-electron chi connectivity index (χ0n) is 15.0. The topological polar surface area (TPSA) is 33.9 Å². The van der Waals surface area contributed by atoms with Crippen molar-refractivity contribution in [3.8, 4) is 5.75 Å². The first-order chi connectivity index (χ1) is 10.4. The van der Waals surface area contributed by atoms with E-state index in [0.717, 1.165) is 38.2 Å². The average Bonchev–Trinajstić information content (AvgIpc) is 2.45. The van der Waals surface area contributed by atoms with E-state index in [1.165, 1.54) is 10.5 Å². The highest BCUT2D eigenvalue weighted by molar-refractivity contribution is 5.31. The van der Waals surface area contributed by atoms with E-state index >= 15 is 0 Å². The van der Waals surface area contributed by atoms with Crippen molar-refractivity contribution in [3.05, 3.63) is 29.8 Å². The molecule has 0 radical (unpaired) electrons. The SMILES string of the molecule is CCC[NH+](CCC)C[C@@H](O)COc1ccc(C(C)(C)C)cc1. The van der Waals surface area contributed by atoms with Crippen molar-refractivity contribution in [1.29, 1.82) is 0 Å². The third-order valence-corrected chi connectivity index (χ3v) is 3.89. The minimum absolute atomic E-state index is 0.155. The molecule has 3 heteroatoms. The Balaban J connectivity index is 2.44. The second kappa shape index (κ2) is 9.16. The first kappa shape index (κ1) is 19.0. The molecule has 0 unspecified atom stereocenters. The van der Waals surface area contributed by atoms with Gasteiger partial charge in [-0.3, -0.25) is 0 Å². The highest BCUT2D eigenvalue weighted by Gasteiger charge is 2.15. The molecular weight excluding hydrogens is 274 g/mol. The molecule has 1 rings (SSSR count). The predicted molar refractivity (Wildman–Crippen MR) is 92.8 cm³/mol. The average molecular weight is 308 g/mol. The molecule has 0 fully saturated rings. The van der Waals surface area contributed by atoms with Gasteiger partial charge in [0.1, 0.15) is 25.0 Å². The fourth-order valence-electron chi connectivity index (χ4n) is 2.67. The van der Waals surface area contributed by atoms with Gasteiger partial charge >= 0.3 is 0 Å². The van der Waals surface area contributed by atoms with E-state index in [9.17, 15) is 5.11 Å². The Morgan fingerprint density at radius 3 is 2.05 bits per heavy atom. The van der Waals surface area contributed by atoms with Crippen molar-refractivity contribution >= 4 is 0 Å². The zero-order chi connectivity index (χ0) is 16.6. The number of rotatable bonds is 9. The molecule has 3 nitrogen and oxygen atoms in total. The first-order valence-electron chi connectivity index (χ1n) is 8.61. The lowest BCUT2D eigenvalue weighted by molar-refractivity contribution is -0.903. The number of aliphatic hydroxyl groups is 1. The minimum atomic E-state index is -0.407. The fraction of sp³-hybridized carbons (Fsp3) is 0.684. The number of nitrogens with one attached hydrogen (secondary N) is 1. The summed E-state index contributed by atoms with van der Waals surface area (Å²) in [6.45, 7) is 14.3. The molecule has 22 heavy (non-hydrogen) atoms. The summed E-state index contributed by atoms with van der Waals surface area (Å²) in [5.74, 6) is 0.833. The van der Waals surface area contributed by atoms with Crippen LogP contribution in [-0.4, -0.2) is 37.5 Å². The van der Waals surface area contributed by atoms with E-state index in [4.69, 9.17) is 4.74 Å². The Morgan fingerprint density at radius 2 is 1.59 bits per heavy atom. The van der Waals surface area contributed by atoms with E-state index < -0.39 is 6.10 Å². The van der Waals surface area contributed by atoms with Crippen LogP contribution < -0.4 is 9.64 Å². The minimum Gasteiger partial charge on any atom is -0.491 e. The molecule has 0 saturated carbocycles. The van der Waals surface area contributed by atoms with E-state index in [0.29, 0.717) is 6.61 Å². The lowest BCUT2D eigenvalue weighted by Gasteiger charge is -2.22. The van der Waals surface area contributed by atoms with Crippen molar-refractivity contribution < 1.29 is 14.7 Å². The van der Waals surface area contributed by atoms with Crippen molar-refractivity contribution in [2.24, 2.45) is 0 Å². The van der Waals surface area contributed by atoms with Crippen LogP contribution in [0.2, 0.25) is 0 Å². The number of quaternary nitrogens is 1. The van der Waals surface area contributed by atoms with Crippen molar-refractivity contribution in [3.63, 3.8) is 0 Å². The lowest BCUT2D eigenvalue weighted by atomic mass is 9.87. The van der Waals surface area contributed by atoms with E-state index in [1.807, 2.05) is 12.1 Å². The Labute approximate surface area is 136 Å². The molecule has 126 valence electrons. The summed E-state index contributed by atoms with van der Waals surface area (Å²) in [6.07, 6.45) is 1.89. The van der Waals surface area contributed by atoms with Crippen LogP contribution in [0.1, 0.15) is 53.0 Å². The molecule has 2 N–H and O–H groups in total. The van der Waals surface area contributed by atoms with Gasteiger partial charge in [-0.05, 0) is 36.0 Å². The summed E-state index contributed by atoms with van der Waals surface area (Å²) >= 11 is 0. The molecule has 0 heterocycles. The smallest absolute Gasteiger partial charge is 0.137 e. The van der Waals surface area contributed by atoms with Gasteiger partial charge < -0.3 is 14.7 Å². The Kier molecular flexibility index (Phi) is 7.91. The van der Waals surface area contributed by atoms with Crippen LogP contribution in [0.25, 0.3) is 0 Å². The highest BCUT2D eigenvalue weighted by atomic mass is 16.5. The van der Waals surface area contributed by atoms with Gasteiger partial charge in [-0.15, -0.1) is 0 Å². The van der Waals surface area contributed by atoms with Gasteiger partial charge in [0, 0.05) is 0 Å². The zero-order valence-corrected chi connectivity index (χ0v) is 15.0. The van der Waals surface area contributed by atoms with Gasteiger partial charge in [-0.1, -0.05) is 46.8 Å². The number of ether oxygens (including phenoxy) is 1. The third-order valence-electron chi connectivity index (χ3n) is 3.89. The maximum absolute atomic E-state index is 10.2. The maximum atomic E-state index is 10.2. The summed E-state index contributed by atoms with van der Waals surface area (Å²) < 4.78 is 5.73. The van der Waals surface area contributed by atoms with Gasteiger partial charge in [-0.2, -0.15) is 0 Å². The van der Waals surface area contributed by atoms with E-state index in [2.05, 4.69) is 46.8 Å². The van der Waals surface area contributed by atoms with Crippen LogP contribution in [0, 0.1) is 0 Å². The number of hydrogen-bond acceptors (Lipinski definition) is 2. The monoisotopic (exact) mass is 308 g/mol. The third kappa shape index (κ3) is 6.80.